The van der Waals surface area contributed by atoms with Crippen LogP contribution in [0, 0.1) is 0 Å². The first-order chi connectivity index (χ1) is 19.5. The van der Waals surface area contributed by atoms with Crippen molar-refractivity contribution in [2.75, 3.05) is 24.5 Å². The molecule has 0 heterocycles. The zero-order chi connectivity index (χ0) is 30.2. The van der Waals surface area contributed by atoms with E-state index in [4.69, 9.17) is 39.5 Å². The van der Waals surface area contributed by atoms with Crippen molar-refractivity contribution in [1.82, 2.24) is 10.2 Å². The Kier molecular flexibility index (Phi) is 11.7. The first-order valence-corrected chi connectivity index (χ1v) is 15.5. The van der Waals surface area contributed by atoms with Gasteiger partial charge in [-0.15, -0.1) is 0 Å². The summed E-state index contributed by atoms with van der Waals surface area (Å²) in [5, 5.41) is 3.61. The fraction of sp³-hybridized carbons (Fsp3) is 0.310. The fourth-order valence-electron chi connectivity index (χ4n) is 4.03. The Bertz CT molecular complexity index is 1450. The Labute approximate surface area is 256 Å². The van der Waals surface area contributed by atoms with Gasteiger partial charge in [-0.1, -0.05) is 72.4 Å². The molecule has 0 aliphatic rings. The number of methoxy groups -OCH3 is 1. The number of amides is 2. The summed E-state index contributed by atoms with van der Waals surface area (Å²) in [4.78, 5) is 28.3. The average Bonchev–Trinajstić information content (AvgIpc) is 2.95. The lowest BCUT2D eigenvalue weighted by atomic mass is 10.1. The van der Waals surface area contributed by atoms with Crippen molar-refractivity contribution in [2.24, 2.45) is 0 Å². The number of hydrogen-bond donors (Lipinski definition) is 1. The molecule has 8 nitrogen and oxygen atoms in total. The number of unbranched alkanes of at least 4 members (excludes halogenated alkanes) is 1. The summed E-state index contributed by atoms with van der Waals surface area (Å²) in [6.07, 6.45) is 1.65. The number of nitrogens with zero attached hydrogens (tertiary/aromatic N) is 2. The molecule has 2 amide bonds. The van der Waals surface area contributed by atoms with Crippen LogP contribution in [0.15, 0.2) is 71.6 Å². The maximum atomic E-state index is 14.0. The lowest BCUT2D eigenvalue weighted by Crippen LogP contribution is -2.51. The maximum absolute atomic E-state index is 14.0. The molecule has 0 fully saturated rings. The van der Waals surface area contributed by atoms with Crippen LogP contribution < -0.4 is 14.4 Å². The van der Waals surface area contributed by atoms with Crippen LogP contribution in [-0.4, -0.2) is 51.4 Å². The number of sulfonamides is 1. The largest absolute Gasteiger partial charge is 0.495 e. The van der Waals surface area contributed by atoms with E-state index in [9.17, 15) is 18.0 Å². The molecular formula is C29H32Cl3N3O5S. The van der Waals surface area contributed by atoms with Crippen LogP contribution >= 0.6 is 34.8 Å². The Morgan fingerprint density at radius 2 is 1.61 bits per heavy atom. The van der Waals surface area contributed by atoms with E-state index in [0.29, 0.717) is 27.9 Å². The second-order valence-electron chi connectivity index (χ2n) is 9.19. The summed E-state index contributed by atoms with van der Waals surface area (Å²) in [5.41, 5.74) is 0.575. The second kappa shape index (κ2) is 14.8. The number of halogens is 3. The minimum Gasteiger partial charge on any atom is -0.495 e. The number of nitrogens with one attached hydrogen (secondary N) is 1. The molecule has 3 aromatic rings. The summed E-state index contributed by atoms with van der Waals surface area (Å²) < 4.78 is 33.9. The van der Waals surface area contributed by atoms with E-state index < -0.39 is 28.5 Å². The van der Waals surface area contributed by atoms with Crippen LogP contribution in [-0.2, 0) is 26.2 Å². The Hall–Kier alpha value is -2.98. The highest BCUT2D eigenvalue weighted by molar-refractivity contribution is 7.92. The number of hydrogen-bond acceptors (Lipinski definition) is 5. The molecule has 1 N–H and O–H groups in total. The molecule has 220 valence electrons. The third-order valence-corrected chi connectivity index (χ3v) is 9.21. The molecule has 0 bridgehead atoms. The minimum absolute atomic E-state index is 0.0224. The van der Waals surface area contributed by atoms with E-state index >= 15 is 0 Å². The number of benzene rings is 3. The van der Waals surface area contributed by atoms with Crippen LogP contribution in [0.25, 0.3) is 0 Å². The molecule has 41 heavy (non-hydrogen) atoms. The van der Waals surface area contributed by atoms with Crippen LogP contribution in [0.1, 0.15) is 32.3 Å². The molecule has 0 saturated heterocycles. The summed E-state index contributed by atoms with van der Waals surface area (Å²) >= 11 is 19.2. The van der Waals surface area contributed by atoms with Gasteiger partial charge in [-0.2, -0.15) is 0 Å². The molecular weight excluding hydrogens is 609 g/mol. The summed E-state index contributed by atoms with van der Waals surface area (Å²) in [5.74, 6) is -0.698. The topological polar surface area (TPSA) is 96.0 Å². The summed E-state index contributed by atoms with van der Waals surface area (Å²) in [6.45, 7) is 3.26. The van der Waals surface area contributed by atoms with Crippen molar-refractivity contribution in [2.45, 2.75) is 44.2 Å². The van der Waals surface area contributed by atoms with Gasteiger partial charge in [-0.3, -0.25) is 13.9 Å². The van der Waals surface area contributed by atoms with E-state index in [1.165, 1.54) is 42.3 Å². The number of carbonyl (C=O) groups is 2. The first kappa shape index (κ1) is 32.5. The number of anilines is 1. The number of carbonyl (C=O) groups excluding carboxylic acids is 2. The van der Waals surface area contributed by atoms with Crippen LogP contribution in [0.3, 0.4) is 0 Å². The van der Waals surface area contributed by atoms with Gasteiger partial charge in [0.15, 0.2) is 0 Å². The van der Waals surface area contributed by atoms with Gasteiger partial charge in [0.25, 0.3) is 10.0 Å². The molecule has 1 atom stereocenters. The molecule has 0 spiro atoms. The number of rotatable bonds is 13. The summed E-state index contributed by atoms with van der Waals surface area (Å²) in [7, 11) is -2.80. The van der Waals surface area contributed by atoms with Crippen LogP contribution in [0.4, 0.5) is 5.69 Å². The zero-order valence-electron chi connectivity index (χ0n) is 22.9. The van der Waals surface area contributed by atoms with Gasteiger partial charge in [0, 0.05) is 28.7 Å². The predicted octanol–water partition coefficient (Wildman–Crippen LogP) is 6.18. The minimum atomic E-state index is -4.24. The molecule has 0 aromatic heterocycles. The van der Waals surface area contributed by atoms with Crippen molar-refractivity contribution in [1.29, 1.82) is 0 Å². The van der Waals surface area contributed by atoms with Gasteiger partial charge < -0.3 is 15.0 Å². The standard InChI is InChI=1S/C29H32Cl3N3O5S/c1-4-5-16-33-29(37)20(2)34(18-23-24(30)12-9-13-25(23)31)28(36)19-35(21-14-15-27(40-3)26(32)17-21)41(38,39)22-10-7-6-8-11-22/h6-15,17,20H,4-5,16,18-19H2,1-3H3,(H,33,37). The lowest BCUT2D eigenvalue weighted by Gasteiger charge is -2.32. The van der Waals surface area contributed by atoms with Gasteiger partial charge >= 0.3 is 0 Å². The normalized spacial score (nSPS) is 12.0. The third-order valence-electron chi connectivity index (χ3n) is 6.42. The van der Waals surface area contributed by atoms with E-state index in [2.05, 4.69) is 5.32 Å². The fourth-order valence-corrected chi connectivity index (χ4v) is 6.23. The summed E-state index contributed by atoms with van der Waals surface area (Å²) in [6, 6.07) is 16.1. The highest BCUT2D eigenvalue weighted by atomic mass is 35.5. The van der Waals surface area contributed by atoms with E-state index in [0.717, 1.165) is 17.1 Å². The van der Waals surface area contributed by atoms with E-state index in [-0.39, 0.29) is 28.1 Å². The van der Waals surface area contributed by atoms with Gasteiger partial charge in [0.2, 0.25) is 11.8 Å². The van der Waals surface area contributed by atoms with Crippen molar-refractivity contribution in [3.05, 3.63) is 87.4 Å². The molecule has 3 aromatic carbocycles. The highest BCUT2D eigenvalue weighted by Gasteiger charge is 2.33. The van der Waals surface area contributed by atoms with Crippen LogP contribution in [0.2, 0.25) is 15.1 Å². The number of ether oxygens (including phenoxy) is 1. The Morgan fingerprint density at radius 1 is 0.951 bits per heavy atom. The van der Waals surface area contributed by atoms with Crippen molar-refractivity contribution in [3.63, 3.8) is 0 Å². The van der Waals surface area contributed by atoms with Crippen molar-refractivity contribution < 1.29 is 22.7 Å². The molecule has 0 aliphatic carbocycles. The molecule has 12 heteroatoms. The molecule has 0 saturated carbocycles. The zero-order valence-corrected chi connectivity index (χ0v) is 26.0. The van der Waals surface area contributed by atoms with Gasteiger partial charge in [-0.25, -0.2) is 8.42 Å². The van der Waals surface area contributed by atoms with Crippen molar-refractivity contribution in [3.8, 4) is 5.75 Å². The molecule has 3 rings (SSSR count). The maximum Gasteiger partial charge on any atom is 0.264 e. The predicted molar refractivity (Wildman–Crippen MR) is 163 cm³/mol. The van der Waals surface area contributed by atoms with Gasteiger partial charge in [-0.05, 0) is 55.8 Å². The van der Waals surface area contributed by atoms with Crippen molar-refractivity contribution >= 4 is 62.3 Å². The van der Waals surface area contributed by atoms with E-state index in [1.54, 1.807) is 43.3 Å². The molecule has 0 aliphatic heterocycles. The molecule has 0 radical (unpaired) electrons. The Morgan fingerprint density at radius 3 is 2.20 bits per heavy atom. The lowest BCUT2D eigenvalue weighted by molar-refractivity contribution is -0.139. The SMILES string of the molecule is CCCCNC(=O)C(C)N(Cc1c(Cl)cccc1Cl)C(=O)CN(c1ccc(OC)c(Cl)c1)S(=O)(=O)c1ccccc1. The Balaban J connectivity index is 2.06. The average molecular weight is 641 g/mol. The van der Waals surface area contributed by atoms with E-state index in [1.807, 2.05) is 6.92 Å². The first-order valence-electron chi connectivity index (χ1n) is 12.9. The highest BCUT2D eigenvalue weighted by Crippen LogP contribution is 2.32. The smallest absolute Gasteiger partial charge is 0.264 e. The monoisotopic (exact) mass is 639 g/mol. The second-order valence-corrected chi connectivity index (χ2v) is 12.3. The molecule has 1 unspecified atom stereocenters. The quantitative estimate of drug-likeness (QED) is 0.225. The van der Waals surface area contributed by atoms with Crippen LogP contribution in [0.5, 0.6) is 5.75 Å². The van der Waals surface area contributed by atoms with Gasteiger partial charge in [0.05, 0.1) is 22.7 Å². The van der Waals surface area contributed by atoms with Gasteiger partial charge in [0.1, 0.15) is 18.3 Å². The third kappa shape index (κ3) is 8.07.